The van der Waals surface area contributed by atoms with Gasteiger partial charge in [-0.05, 0) is 30.5 Å². The van der Waals surface area contributed by atoms with Crippen molar-refractivity contribution >= 4 is 11.9 Å². The van der Waals surface area contributed by atoms with Crippen LogP contribution in [0.15, 0.2) is 18.2 Å². The minimum atomic E-state index is -0.528. The third-order valence-corrected chi connectivity index (χ3v) is 4.02. The Morgan fingerprint density at radius 1 is 1.30 bits per heavy atom. The summed E-state index contributed by atoms with van der Waals surface area (Å²) in [6.07, 6.45) is 2.14. The lowest BCUT2D eigenvalue weighted by atomic mass is 10.0. The smallest absolute Gasteiger partial charge is 0.302 e. The molecule has 6 heteroatoms. The number of benzene rings is 1. The number of nitrogens with zero attached hydrogens (tertiary/aromatic N) is 1. The molecular weight excluding hydrogens is 301 g/mol. The number of rotatable bonds is 5. The maximum Gasteiger partial charge on any atom is 0.302 e. The number of halogens is 1. The number of amides is 1. The van der Waals surface area contributed by atoms with Crippen LogP contribution in [-0.2, 0) is 20.7 Å². The van der Waals surface area contributed by atoms with E-state index in [9.17, 15) is 14.0 Å². The van der Waals surface area contributed by atoms with E-state index >= 15 is 0 Å². The number of esters is 1. The normalized spacial score (nSPS) is 15.5. The quantitative estimate of drug-likeness (QED) is 0.780. The van der Waals surface area contributed by atoms with Gasteiger partial charge in [0.25, 0.3) is 5.91 Å². The molecule has 126 valence electrons. The summed E-state index contributed by atoms with van der Waals surface area (Å²) in [4.78, 5) is 24.9. The van der Waals surface area contributed by atoms with Gasteiger partial charge in [-0.3, -0.25) is 9.59 Å². The van der Waals surface area contributed by atoms with Crippen LogP contribution in [0.4, 0.5) is 4.39 Å². The van der Waals surface area contributed by atoms with Gasteiger partial charge >= 0.3 is 5.97 Å². The molecule has 1 saturated heterocycles. The van der Waals surface area contributed by atoms with Gasteiger partial charge in [-0.15, -0.1) is 0 Å². The van der Waals surface area contributed by atoms with E-state index in [1.807, 2.05) is 0 Å². The second-order valence-electron chi connectivity index (χ2n) is 5.63. The number of likely N-dealkylation sites (tertiary alicyclic amines) is 1. The van der Waals surface area contributed by atoms with Crippen LogP contribution < -0.4 is 0 Å². The van der Waals surface area contributed by atoms with Crippen molar-refractivity contribution in [1.29, 1.82) is 0 Å². The highest BCUT2D eigenvalue weighted by molar-refractivity contribution is 5.94. The number of piperidine rings is 1. The van der Waals surface area contributed by atoms with Crippen LogP contribution in [-0.4, -0.2) is 49.7 Å². The van der Waals surface area contributed by atoms with Crippen LogP contribution in [0.1, 0.15) is 35.7 Å². The van der Waals surface area contributed by atoms with E-state index in [2.05, 4.69) is 0 Å². The number of hydrogen-bond donors (Lipinski definition) is 0. The predicted molar refractivity (Wildman–Crippen MR) is 82.7 cm³/mol. The zero-order chi connectivity index (χ0) is 16.8. The maximum absolute atomic E-state index is 14.0. The highest BCUT2D eigenvalue weighted by Crippen LogP contribution is 2.18. The van der Waals surface area contributed by atoms with Crippen molar-refractivity contribution in [2.75, 3.05) is 26.8 Å². The van der Waals surface area contributed by atoms with Crippen molar-refractivity contribution in [1.82, 2.24) is 4.90 Å². The summed E-state index contributed by atoms with van der Waals surface area (Å²) in [5, 5.41) is 0. The molecule has 1 fully saturated rings. The molecule has 1 aliphatic rings. The third-order valence-electron chi connectivity index (χ3n) is 4.02. The monoisotopic (exact) mass is 323 g/mol. The first-order valence-corrected chi connectivity index (χ1v) is 7.75. The first kappa shape index (κ1) is 17.4. The second kappa shape index (κ2) is 8.06. The largest absolute Gasteiger partial charge is 0.466 e. The molecule has 5 nitrogen and oxygen atoms in total. The molecule has 23 heavy (non-hydrogen) atoms. The Balaban J connectivity index is 2.03. The Morgan fingerprint density at radius 2 is 2.00 bits per heavy atom. The van der Waals surface area contributed by atoms with Crippen LogP contribution in [0.2, 0.25) is 0 Å². The molecular formula is C17H22FNO4. The highest BCUT2D eigenvalue weighted by atomic mass is 19.1. The molecule has 1 aromatic carbocycles. The third kappa shape index (κ3) is 4.76. The van der Waals surface area contributed by atoms with E-state index in [1.54, 1.807) is 24.1 Å². The van der Waals surface area contributed by atoms with Gasteiger partial charge < -0.3 is 14.4 Å². The molecule has 0 aliphatic carbocycles. The molecule has 0 bridgehead atoms. The van der Waals surface area contributed by atoms with Crippen LogP contribution >= 0.6 is 0 Å². The van der Waals surface area contributed by atoms with Gasteiger partial charge in [0, 0.05) is 33.5 Å². The fourth-order valence-corrected chi connectivity index (χ4v) is 2.67. The molecule has 1 aliphatic heterocycles. The van der Waals surface area contributed by atoms with Crippen LogP contribution in [0.5, 0.6) is 0 Å². The molecule has 1 amide bonds. The van der Waals surface area contributed by atoms with E-state index in [4.69, 9.17) is 9.47 Å². The lowest BCUT2D eigenvalue weighted by Crippen LogP contribution is -2.41. The lowest BCUT2D eigenvalue weighted by Gasteiger charge is -2.31. The van der Waals surface area contributed by atoms with Crippen molar-refractivity contribution in [3.63, 3.8) is 0 Å². The Hall–Kier alpha value is -1.95. The summed E-state index contributed by atoms with van der Waals surface area (Å²) in [6, 6.07) is 4.44. The molecule has 0 radical (unpaired) electrons. The number of ether oxygens (including phenoxy) is 2. The average Bonchev–Trinajstić information content (AvgIpc) is 2.55. The summed E-state index contributed by atoms with van der Waals surface area (Å²) in [6.45, 7) is 2.68. The second-order valence-corrected chi connectivity index (χ2v) is 5.63. The summed E-state index contributed by atoms with van der Waals surface area (Å²) >= 11 is 0. The van der Waals surface area contributed by atoms with Crippen LogP contribution in [0.25, 0.3) is 0 Å². The predicted octanol–water partition coefficient (Wildman–Crippen LogP) is 2.18. The van der Waals surface area contributed by atoms with Gasteiger partial charge in [-0.1, -0.05) is 6.07 Å². The molecule has 1 aromatic rings. The fraction of sp³-hybridized carbons (Fsp3) is 0.529. The van der Waals surface area contributed by atoms with Crippen molar-refractivity contribution in [2.45, 2.75) is 32.3 Å². The first-order valence-electron chi connectivity index (χ1n) is 7.75. The molecule has 0 atom stereocenters. The fourth-order valence-electron chi connectivity index (χ4n) is 2.67. The lowest BCUT2D eigenvalue weighted by molar-refractivity contribution is -0.140. The van der Waals surface area contributed by atoms with Crippen molar-refractivity contribution in [3.05, 3.63) is 35.1 Å². The SMILES string of the molecule is COC1CCN(C(=O)c2cc(CCOC(C)=O)ccc2F)CC1. The van der Waals surface area contributed by atoms with E-state index in [0.717, 1.165) is 18.4 Å². The summed E-state index contributed by atoms with van der Waals surface area (Å²) in [5.41, 5.74) is 0.837. The minimum Gasteiger partial charge on any atom is -0.466 e. The maximum atomic E-state index is 14.0. The van der Waals surface area contributed by atoms with E-state index in [0.29, 0.717) is 19.5 Å². The number of carbonyl (C=O) groups excluding carboxylic acids is 2. The topological polar surface area (TPSA) is 55.8 Å². The van der Waals surface area contributed by atoms with Crippen molar-refractivity contribution in [3.8, 4) is 0 Å². The molecule has 0 aromatic heterocycles. The standard InChI is InChI=1S/C17H22FNO4/c1-12(20)23-10-7-13-3-4-16(18)15(11-13)17(21)19-8-5-14(22-2)6-9-19/h3-4,11,14H,5-10H2,1-2H3. The number of methoxy groups -OCH3 is 1. The molecule has 0 unspecified atom stereocenters. The summed E-state index contributed by atoms with van der Waals surface area (Å²) in [7, 11) is 1.66. The molecule has 0 spiro atoms. The van der Waals surface area contributed by atoms with Gasteiger partial charge in [0.15, 0.2) is 0 Å². The van der Waals surface area contributed by atoms with E-state index in [-0.39, 0.29) is 30.2 Å². The summed E-state index contributed by atoms with van der Waals surface area (Å²) in [5.74, 6) is -1.18. The molecule has 1 heterocycles. The molecule has 2 rings (SSSR count). The Kier molecular flexibility index (Phi) is 6.10. The molecule has 0 N–H and O–H groups in total. The Bertz CT molecular complexity index is 568. The van der Waals surface area contributed by atoms with Gasteiger partial charge in [-0.2, -0.15) is 0 Å². The zero-order valence-electron chi connectivity index (χ0n) is 13.5. The zero-order valence-corrected chi connectivity index (χ0v) is 13.5. The summed E-state index contributed by atoms with van der Waals surface area (Å²) < 4.78 is 24.2. The Morgan fingerprint density at radius 3 is 2.61 bits per heavy atom. The molecule has 0 saturated carbocycles. The van der Waals surface area contributed by atoms with Crippen LogP contribution in [0, 0.1) is 5.82 Å². The Labute approximate surface area is 135 Å². The van der Waals surface area contributed by atoms with Gasteiger partial charge in [0.1, 0.15) is 5.82 Å². The van der Waals surface area contributed by atoms with Gasteiger partial charge in [-0.25, -0.2) is 4.39 Å². The van der Waals surface area contributed by atoms with Gasteiger partial charge in [0.05, 0.1) is 18.3 Å². The minimum absolute atomic E-state index is 0.0705. The average molecular weight is 323 g/mol. The van der Waals surface area contributed by atoms with Crippen LogP contribution in [0.3, 0.4) is 0 Å². The number of carbonyl (C=O) groups is 2. The van der Waals surface area contributed by atoms with Gasteiger partial charge in [0.2, 0.25) is 0 Å². The first-order chi connectivity index (χ1) is 11.0. The van der Waals surface area contributed by atoms with Crippen molar-refractivity contribution < 1.29 is 23.5 Å². The van der Waals surface area contributed by atoms with E-state index < -0.39 is 5.82 Å². The highest BCUT2D eigenvalue weighted by Gasteiger charge is 2.25. The van der Waals surface area contributed by atoms with E-state index in [1.165, 1.54) is 13.0 Å². The number of hydrogen-bond acceptors (Lipinski definition) is 4. The van der Waals surface area contributed by atoms with Crippen molar-refractivity contribution in [2.24, 2.45) is 0 Å².